The van der Waals surface area contributed by atoms with Gasteiger partial charge in [-0.15, -0.1) is 0 Å². The molecule has 0 aliphatic rings. The zero-order valence-corrected chi connectivity index (χ0v) is 49.7. The number of ketones is 1. The minimum Gasteiger partial charge on any atom is -0.400 e. The van der Waals surface area contributed by atoms with Gasteiger partial charge in [0.15, 0.2) is 0 Å². The molecule has 402 valence electrons. The summed E-state index contributed by atoms with van der Waals surface area (Å²) in [6, 6.07) is 99.0. The molecule has 0 radical (unpaired) electrons. The zero-order valence-electron chi connectivity index (χ0n) is 46.0. The molecular weight excluding hydrogens is 1100 g/mol. The molecule has 0 bridgehead atoms. The quantitative estimate of drug-likeness (QED) is 0.0758. The molecule has 0 saturated heterocycles. The third-order valence-electron chi connectivity index (χ3n) is 14.2. The van der Waals surface area contributed by atoms with Crippen molar-refractivity contribution in [2.45, 2.75) is 34.6 Å². The number of aromatic nitrogens is 6. The number of carbonyl (C=O) groups excluding carboxylic acids is 1. The Morgan fingerprint density at radius 1 is 0.370 bits per heavy atom. The van der Waals surface area contributed by atoms with Crippen LogP contribution in [0, 0.1) is 20.8 Å². The number of benzene rings is 9. The Balaban J connectivity index is 0.00000143. The van der Waals surface area contributed by atoms with Crippen LogP contribution in [0.2, 0.25) is 0 Å². The number of nitrogens with zero attached hydrogens (tertiary/aromatic N) is 6. The molecule has 0 N–H and O–H groups in total. The molecular formula is C69H62BCuN6OP3+. The third kappa shape index (κ3) is 12.4. The molecule has 3 heterocycles. The van der Waals surface area contributed by atoms with Crippen LogP contribution >= 0.6 is 23.8 Å². The van der Waals surface area contributed by atoms with Gasteiger partial charge in [0.1, 0.15) is 21.7 Å². The van der Waals surface area contributed by atoms with Crippen molar-refractivity contribution in [2.75, 3.05) is 0 Å². The molecule has 7 nitrogen and oxygen atoms in total. The average Bonchev–Trinajstić information content (AvgIpc) is 4.43. The second-order valence-corrected chi connectivity index (χ2v) is 26.9. The van der Waals surface area contributed by atoms with Gasteiger partial charge in [0, 0.05) is 16.7 Å². The van der Waals surface area contributed by atoms with Crippen molar-refractivity contribution in [3.05, 3.63) is 290 Å². The van der Waals surface area contributed by atoms with Crippen LogP contribution in [0.1, 0.15) is 30.9 Å². The van der Waals surface area contributed by atoms with Crippen molar-refractivity contribution in [3.63, 3.8) is 0 Å². The molecule has 0 saturated carbocycles. The monoisotopic (exact) mass is 1160 g/mol. The van der Waals surface area contributed by atoms with Gasteiger partial charge in [0.05, 0.1) is 25.0 Å². The Morgan fingerprint density at radius 2 is 0.630 bits per heavy atom. The molecule has 3 aromatic heterocycles. The van der Waals surface area contributed by atoms with Gasteiger partial charge in [0.2, 0.25) is 0 Å². The first-order valence-electron chi connectivity index (χ1n) is 27.1. The number of aryl methyl sites for hydroxylation is 3. The van der Waals surface area contributed by atoms with E-state index in [-0.39, 0.29) is 22.9 Å². The van der Waals surface area contributed by atoms with E-state index in [9.17, 15) is 4.79 Å². The Hall–Kier alpha value is -7.85. The van der Waals surface area contributed by atoms with Crippen LogP contribution in [0.25, 0.3) is 33.8 Å². The van der Waals surface area contributed by atoms with E-state index in [1.54, 1.807) is 0 Å². The van der Waals surface area contributed by atoms with Gasteiger partial charge in [-0.05, 0) is 154 Å². The second-order valence-electron chi connectivity index (χ2n) is 20.0. The van der Waals surface area contributed by atoms with Crippen molar-refractivity contribution in [3.8, 4) is 33.8 Å². The first-order valence-corrected chi connectivity index (χ1v) is 31.3. The summed E-state index contributed by atoms with van der Waals surface area (Å²) in [5, 5.41) is 28.8. The number of carbonyl (C=O) groups is 1. The average molecular weight is 1160 g/mol. The maximum Gasteiger partial charge on any atom is 1.00 e. The van der Waals surface area contributed by atoms with E-state index in [0.29, 0.717) is 0 Å². The van der Waals surface area contributed by atoms with Crippen molar-refractivity contribution in [1.29, 1.82) is 0 Å². The molecule has 12 aromatic rings. The maximum atomic E-state index is 9.44. The number of hydrogen-bond acceptors (Lipinski definition) is 4. The predicted octanol–water partition coefficient (Wildman–Crippen LogP) is 11.5. The van der Waals surface area contributed by atoms with Crippen LogP contribution in [-0.4, -0.2) is 42.0 Å². The normalized spacial score (nSPS) is 11.2. The summed E-state index contributed by atoms with van der Waals surface area (Å²) < 4.78 is 6.65. The van der Waals surface area contributed by atoms with E-state index < -0.39 is 30.9 Å². The molecule has 0 fully saturated rings. The first kappa shape index (κ1) is 56.4. The van der Waals surface area contributed by atoms with Crippen molar-refractivity contribution >= 4 is 84.4 Å². The van der Waals surface area contributed by atoms with Gasteiger partial charge in [0.25, 0.3) is 0 Å². The van der Waals surface area contributed by atoms with Gasteiger partial charge in [-0.2, -0.15) is 0 Å². The van der Waals surface area contributed by atoms with E-state index in [2.05, 4.69) is 308 Å². The van der Waals surface area contributed by atoms with Gasteiger partial charge in [-0.1, -0.05) is 218 Å². The Bertz CT molecular complexity index is 3480. The minimum atomic E-state index is -1.91. The fourth-order valence-electron chi connectivity index (χ4n) is 10.7. The summed E-state index contributed by atoms with van der Waals surface area (Å²) in [6.07, 6.45) is 0. The molecule has 0 unspecified atom stereocenters. The third-order valence-corrected chi connectivity index (χ3v) is 22.0. The fourth-order valence-corrected chi connectivity index (χ4v) is 18.4. The van der Waals surface area contributed by atoms with E-state index in [0.717, 1.165) is 50.9 Å². The van der Waals surface area contributed by atoms with Gasteiger partial charge in [-0.3, -0.25) is 0 Å². The molecule has 0 aliphatic heterocycles. The van der Waals surface area contributed by atoms with Crippen molar-refractivity contribution < 1.29 is 21.9 Å². The van der Waals surface area contributed by atoms with Crippen molar-refractivity contribution in [2.24, 2.45) is 0 Å². The summed E-state index contributed by atoms with van der Waals surface area (Å²) >= 11 is 0. The summed E-state index contributed by atoms with van der Waals surface area (Å²) in [4.78, 5) is 9.44. The largest absolute Gasteiger partial charge is 1.00 e. The Kier molecular flexibility index (Phi) is 18.2. The van der Waals surface area contributed by atoms with Crippen LogP contribution in [0.15, 0.2) is 273 Å². The maximum absolute atomic E-state index is 9.44. The minimum absolute atomic E-state index is 0. The van der Waals surface area contributed by atoms with Gasteiger partial charge in [-0.25, -0.2) is 15.3 Å². The van der Waals surface area contributed by atoms with E-state index >= 15 is 0 Å². The molecule has 12 heteroatoms. The second kappa shape index (κ2) is 26.2. The van der Waals surface area contributed by atoms with Crippen LogP contribution < -0.4 is 47.7 Å². The molecule has 0 aliphatic carbocycles. The molecule has 12 rings (SSSR count). The standard InChI is InChI=1S/C66H55BN6P3.C3H6O.Cu/c1-49-46-61(58-40-22-25-43-64(58)74(52-28-10-4-11-29-52)53-30-12-5-13-31-53)68-71(49)67(72-50(2)47-62(69-72)59-41-23-26-44-65(59)75(54-32-14-6-15-33-54)55-34-16-7-17-35-55)73-51(3)48-63(70-73)60-42-24-27-45-66(60)76(56-36-18-8-19-37-56)57-38-20-9-21-39-57;1-3(2)4;/h4-48,67H,1-3H3;1-2H3;/q-1;;+1/p+1. The smallest absolute Gasteiger partial charge is 0.400 e. The predicted molar refractivity (Wildman–Crippen MR) is 344 cm³/mol. The summed E-state index contributed by atoms with van der Waals surface area (Å²) in [6.45, 7) is 9.60. The van der Waals surface area contributed by atoms with Crippen LogP contribution in [0.4, 0.5) is 0 Å². The SMILES string of the molecule is CC(C)=O.Cc1cc(-c2ccccc2P(c2ccccc2)c2ccccc2)nn1[BH-](n1nc(-c2ccccc2P(c2ccccc2)c2ccccc2)cc1C)n1nc(-c2ccccc2[PH+](c2ccccc2)c2ccccc2)cc1C.[Cu+]. The summed E-state index contributed by atoms with van der Waals surface area (Å²) in [5.41, 5.74) is 9.22. The Morgan fingerprint density at radius 3 is 0.963 bits per heavy atom. The fraction of sp³-hybridized carbons (Fsp3) is 0.0725. The molecule has 0 spiro atoms. The Labute approximate surface area is 490 Å². The summed E-state index contributed by atoms with van der Waals surface area (Å²) in [5.74, 6) is 0.167. The molecule has 9 aromatic carbocycles. The van der Waals surface area contributed by atoms with Gasteiger partial charge >= 0.3 is 24.2 Å². The molecule has 0 amide bonds. The van der Waals surface area contributed by atoms with Crippen molar-refractivity contribution in [1.82, 2.24) is 29.1 Å². The zero-order chi connectivity index (χ0) is 55.0. The number of rotatable bonds is 15. The van der Waals surface area contributed by atoms with Crippen LogP contribution in [0.3, 0.4) is 0 Å². The first-order chi connectivity index (χ1) is 39.2. The topological polar surface area (TPSA) is 70.5 Å². The molecule has 0 atom stereocenters. The van der Waals surface area contributed by atoms with E-state index in [1.165, 1.54) is 61.6 Å². The number of Topliss-reactive ketones (excluding diaryl/α,β-unsaturated/α-hetero) is 1. The van der Waals surface area contributed by atoms with E-state index in [4.69, 9.17) is 15.3 Å². The summed E-state index contributed by atoms with van der Waals surface area (Å²) in [7, 11) is -5.15. The van der Waals surface area contributed by atoms with Crippen LogP contribution in [0.5, 0.6) is 0 Å². The number of hydrogen-bond donors (Lipinski definition) is 0. The van der Waals surface area contributed by atoms with Crippen LogP contribution in [-0.2, 0) is 21.9 Å². The molecule has 81 heavy (non-hydrogen) atoms. The van der Waals surface area contributed by atoms with E-state index in [1.807, 2.05) is 0 Å². The van der Waals surface area contributed by atoms with Gasteiger partial charge < -0.3 is 18.6 Å².